The molecule has 1 aromatic rings. The number of rotatable bonds is 5. The normalized spacial score (nSPS) is 17.1. The van der Waals surface area contributed by atoms with Crippen LogP contribution >= 0.6 is 0 Å². The fourth-order valence-electron chi connectivity index (χ4n) is 2.64. The third-order valence-electron chi connectivity index (χ3n) is 3.97. The summed E-state index contributed by atoms with van der Waals surface area (Å²) in [6.45, 7) is 5.96. The summed E-state index contributed by atoms with van der Waals surface area (Å²) >= 11 is 0. The summed E-state index contributed by atoms with van der Waals surface area (Å²) in [4.78, 5) is 13.5. The molecule has 0 spiro atoms. The summed E-state index contributed by atoms with van der Waals surface area (Å²) in [5.41, 5.74) is 0.105. The molecule has 2 N–H and O–H groups in total. The van der Waals surface area contributed by atoms with Gasteiger partial charge in [0.2, 0.25) is 0 Å². The Kier molecular flexibility index (Phi) is 4.95. The van der Waals surface area contributed by atoms with Crippen LogP contribution in [0.4, 0.5) is 10.1 Å². The first-order chi connectivity index (χ1) is 9.61. The number of aromatic carboxylic acids is 1. The Hall–Kier alpha value is -1.62. The van der Waals surface area contributed by atoms with Gasteiger partial charge in [0.15, 0.2) is 0 Å². The van der Waals surface area contributed by atoms with E-state index >= 15 is 0 Å². The topological polar surface area (TPSA) is 52.6 Å². The number of hydrogen-bond acceptors (Lipinski definition) is 3. The van der Waals surface area contributed by atoms with Gasteiger partial charge in [-0.25, -0.2) is 9.18 Å². The largest absolute Gasteiger partial charge is 0.478 e. The number of anilines is 1. The average molecular weight is 280 g/mol. The summed E-state index contributed by atoms with van der Waals surface area (Å²) in [6.07, 6.45) is 2.13. The molecule has 0 aromatic heterocycles. The molecule has 0 amide bonds. The van der Waals surface area contributed by atoms with Crippen LogP contribution in [0.3, 0.4) is 0 Å². The predicted molar refractivity (Wildman–Crippen MR) is 76.7 cm³/mol. The Morgan fingerprint density at radius 3 is 2.75 bits per heavy atom. The lowest BCUT2D eigenvalue weighted by atomic mass is 9.96. The zero-order valence-electron chi connectivity index (χ0n) is 11.7. The molecular weight excluding hydrogens is 259 g/mol. The Labute approximate surface area is 118 Å². The first kappa shape index (κ1) is 14.8. The number of nitrogens with zero attached hydrogens (tertiary/aromatic N) is 1. The van der Waals surface area contributed by atoms with Crippen molar-refractivity contribution in [1.82, 2.24) is 4.90 Å². The maximum Gasteiger partial charge on any atom is 0.337 e. The van der Waals surface area contributed by atoms with Crippen molar-refractivity contribution in [3.8, 4) is 0 Å². The molecule has 5 heteroatoms. The fraction of sp³-hybridized carbons (Fsp3) is 0.533. The molecule has 1 fully saturated rings. The van der Waals surface area contributed by atoms with E-state index in [2.05, 4.69) is 17.1 Å². The molecule has 110 valence electrons. The average Bonchev–Trinajstić information content (AvgIpc) is 2.46. The first-order valence-corrected chi connectivity index (χ1v) is 7.09. The van der Waals surface area contributed by atoms with E-state index in [9.17, 15) is 9.18 Å². The van der Waals surface area contributed by atoms with Crippen molar-refractivity contribution in [2.24, 2.45) is 5.92 Å². The Bertz CT molecular complexity index is 471. The van der Waals surface area contributed by atoms with Crippen molar-refractivity contribution < 1.29 is 14.3 Å². The lowest BCUT2D eigenvalue weighted by Crippen LogP contribution is -2.35. The van der Waals surface area contributed by atoms with Crippen LogP contribution in [-0.4, -0.2) is 42.2 Å². The molecule has 20 heavy (non-hydrogen) atoms. The Balaban J connectivity index is 1.96. The van der Waals surface area contributed by atoms with Gasteiger partial charge in [0.1, 0.15) is 5.82 Å². The molecule has 0 aliphatic carbocycles. The second kappa shape index (κ2) is 6.70. The predicted octanol–water partition coefficient (Wildman–Crippen LogP) is 2.67. The molecule has 4 nitrogen and oxygen atoms in total. The smallest absolute Gasteiger partial charge is 0.337 e. The molecule has 1 heterocycles. The lowest BCUT2D eigenvalue weighted by molar-refractivity contribution is 0.0697. The number of para-hydroxylation sites is 1. The van der Waals surface area contributed by atoms with Crippen LogP contribution in [0.1, 0.15) is 30.1 Å². The third-order valence-corrected chi connectivity index (χ3v) is 3.97. The van der Waals surface area contributed by atoms with Crippen molar-refractivity contribution in [1.29, 1.82) is 0 Å². The van der Waals surface area contributed by atoms with Crippen molar-refractivity contribution in [3.63, 3.8) is 0 Å². The van der Waals surface area contributed by atoms with Crippen LogP contribution in [-0.2, 0) is 0 Å². The van der Waals surface area contributed by atoms with Gasteiger partial charge < -0.3 is 15.3 Å². The fourth-order valence-corrected chi connectivity index (χ4v) is 2.64. The highest BCUT2D eigenvalue weighted by Gasteiger charge is 2.20. The molecule has 0 bridgehead atoms. The minimum Gasteiger partial charge on any atom is -0.478 e. The number of likely N-dealkylation sites (tertiary alicyclic amines) is 1. The zero-order chi connectivity index (χ0) is 14.5. The molecule has 0 atom stereocenters. The van der Waals surface area contributed by atoms with Crippen molar-refractivity contribution in [2.45, 2.75) is 19.8 Å². The van der Waals surface area contributed by atoms with E-state index in [-0.39, 0.29) is 11.3 Å². The molecule has 1 aromatic carbocycles. The van der Waals surface area contributed by atoms with Crippen LogP contribution in [0.25, 0.3) is 0 Å². The third kappa shape index (κ3) is 3.48. The number of carboxylic acid groups (broad SMARTS) is 1. The van der Waals surface area contributed by atoms with E-state index in [0.717, 1.165) is 32.5 Å². The van der Waals surface area contributed by atoms with Gasteiger partial charge in [-0.15, -0.1) is 0 Å². The van der Waals surface area contributed by atoms with E-state index in [4.69, 9.17) is 5.11 Å². The number of hydrogen-bond donors (Lipinski definition) is 2. The molecule has 0 radical (unpaired) electrons. The highest BCUT2D eigenvalue weighted by atomic mass is 19.1. The van der Waals surface area contributed by atoms with Gasteiger partial charge in [0, 0.05) is 6.54 Å². The van der Waals surface area contributed by atoms with Gasteiger partial charge in [0.05, 0.1) is 11.3 Å². The highest BCUT2D eigenvalue weighted by Crippen LogP contribution is 2.22. The second-order valence-corrected chi connectivity index (χ2v) is 5.23. The number of carbonyl (C=O) groups is 1. The number of benzene rings is 1. The van der Waals surface area contributed by atoms with Crippen LogP contribution in [0.15, 0.2) is 18.2 Å². The second-order valence-electron chi connectivity index (χ2n) is 5.23. The van der Waals surface area contributed by atoms with Crippen LogP contribution in [0.2, 0.25) is 0 Å². The summed E-state index contributed by atoms with van der Waals surface area (Å²) in [5, 5.41) is 12.1. The zero-order valence-corrected chi connectivity index (χ0v) is 11.7. The van der Waals surface area contributed by atoms with Crippen LogP contribution in [0.5, 0.6) is 0 Å². The molecule has 2 rings (SSSR count). The minimum absolute atomic E-state index is 0.00371. The summed E-state index contributed by atoms with van der Waals surface area (Å²) < 4.78 is 13.7. The van der Waals surface area contributed by atoms with Crippen molar-refractivity contribution >= 4 is 11.7 Å². The molecule has 0 saturated carbocycles. The Morgan fingerprint density at radius 1 is 1.45 bits per heavy atom. The van der Waals surface area contributed by atoms with Gasteiger partial charge in [-0.2, -0.15) is 0 Å². The van der Waals surface area contributed by atoms with Gasteiger partial charge in [-0.05, 0) is 50.5 Å². The van der Waals surface area contributed by atoms with Crippen LogP contribution in [0, 0.1) is 11.7 Å². The molecular formula is C15H21FN2O2. The maximum absolute atomic E-state index is 13.7. The van der Waals surface area contributed by atoms with Gasteiger partial charge >= 0.3 is 5.97 Å². The molecule has 1 saturated heterocycles. The SMILES string of the molecule is CCN1CCC(CNc2c(F)cccc2C(=O)O)CC1. The minimum atomic E-state index is -1.10. The maximum atomic E-state index is 13.7. The van der Waals surface area contributed by atoms with E-state index in [0.29, 0.717) is 12.5 Å². The van der Waals surface area contributed by atoms with E-state index in [1.807, 2.05) is 0 Å². The van der Waals surface area contributed by atoms with Crippen LogP contribution < -0.4 is 5.32 Å². The highest BCUT2D eigenvalue weighted by molar-refractivity contribution is 5.94. The summed E-state index contributed by atoms with van der Waals surface area (Å²) in [6, 6.07) is 4.13. The molecule has 0 unspecified atom stereocenters. The number of carboxylic acids is 1. The van der Waals surface area contributed by atoms with Crippen molar-refractivity contribution in [2.75, 3.05) is 31.5 Å². The summed E-state index contributed by atoms with van der Waals surface area (Å²) in [7, 11) is 0. The quantitative estimate of drug-likeness (QED) is 0.870. The standard InChI is InChI=1S/C15H21FN2O2/c1-2-18-8-6-11(7-9-18)10-17-14-12(15(19)20)4-3-5-13(14)16/h3-5,11,17H,2,6-10H2,1H3,(H,19,20). The monoisotopic (exact) mass is 280 g/mol. The van der Waals surface area contributed by atoms with Gasteiger partial charge in [-0.3, -0.25) is 0 Å². The number of piperidine rings is 1. The van der Waals surface area contributed by atoms with E-state index in [1.54, 1.807) is 0 Å². The number of halogens is 1. The number of nitrogens with one attached hydrogen (secondary N) is 1. The van der Waals surface area contributed by atoms with Crippen molar-refractivity contribution in [3.05, 3.63) is 29.6 Å². The Morgan fingerprint density at radius 2 is 2.15 bits per heavy atom. The van der Waals surface area contributed by atoms with E-state index in [1.165, 1.54) is 18.2 Å². The lowest BCUT2D eigenvalue weighted by Gasteiger charge is -2.31. The van der Waals surface area contributed by atoms with Gasteiger partial charge in [0.25, 0.3) is 0 Å². The molecule has 1 aliphatic rings. The van der Waals surface area contributed by atoms with Gasteiger partial charge in [-0.1, -0.05) is 13.0 Å². The summed E-state index contributed by atoms with van der Waals surface area (Å²) in [5.74, 6) is -1.14. The first-order valence-electron chi connectivity index (χ1n) is 7.09. The van der Waals surface area contributed by atoms with E-state index < -0.39 is 11.8 Å². The molecule has 1 aliphatic heterocycles.